The van der Waals surface area contributed by atoms with Gasteiger partial charge in [0.05, 0.1) is 21.3 Å². The third-order valence-corrected chi connectivity index (χ3v) is 17.2. The summed E-state index contributed by atoms with van der Waals surface area (Å²) in [5.74, 6) is 0. The molecule has 2 fully saturated rings. The van der Waals surface area contributed by atoms with E-state index in [1.54, 1.807) is 65.2 Å². The number of rotatable bonds is 12. The van der Waals surface area contributed by atoms with Crippen molar-refractivity contribution in [1.29, 1.82) is 0 Å². The summed E-state index contributed by atoms with van der Waals surface area (Å²) in [5, 5.41) is 0. The Morgan fingerprint density at radius 3 is 1.45 bits per heavy atom. The van der Waals surface area contributed by atoms with E-state index in [4.69, 9.17) is 4.74 Å². The normalized spacial score (nSPS) is 17.7. The molecule has 11 nitrogen and oxygen atoms in total. The topological polar surface area (TPSA) is 125 Å². The van der Waals surface area contributed by atoms with Crippen LogP contribution in [0.2, 0.25) is 0 Å². The van der Waals surface area contributed by atoms with Gasteiger partial charge < -0.3 is 4.74 Å². The number of sulfonamides is 3. The average Bonchev–Trinajstić information content (AvgIpc) is 3.22. The molecule has 3 aromatic carbocycles. The molecule has 3 aromatic rings. The number of likely N-dealkylation sites (N-methyl/N-ethyl adjacent to an activating group) is 1. The lowest BCUT2D eigenvalue weighted by atomic mass is 9.87. The van der Waals surface area contributed by atoms with Gasteiger partial charge in [-0.1, -0.05) is 118 Å². The molecule has 5 rings (SSSR count). The van der Waals surface area contributed by atoms with Crippen LogP contribution in [0.4, 0.5) is 0 Å². The molecule has 2 heterocycles. The van der Waals surface area contributed by atoms with Crippen LogP contribution in [0.1, 0.15) is 112 Å². The minimum absolute atomic E-state index is 0.0231. The quantitative estimate of drug-likeness (QED) is 0.166. The fourth-order valence-corrected chi connectivity index (χ4v) is 11.6. The summed E-state index contributed by atoms with van der Waals surface area (Å²) in [6, 6.07) is 21.9. The van der Waals surface area contributed by atoms with Gasteiger partial charge in [0.2, 0.25) is 30.1 Å². The van der Waals surface area contributed by atoms with Crippen molar-refractivity contribution in [1.82, 2.24) is 17.8 Å². The highest BCUT2D eigenvalue weighted by molar-refractivity contribution is 7.89. The third-order valence-electron chi connectivity index (χ3n) is 11.5. The SMILES string of the molecule is C=CCN(C)S(=O)(=O)c1ccc(C(C)(C)C)cc1.CCC1CCCCN1S(=O)(=O)c1ccc(C(C)(C)C)cc1.COCCN1CCN(S(=O)(=O)c2ccc(C(C)(C)C)cc2)CC1. The number of ether oxygens (including phenoxy) is 1. The first-order valence-corrected chi connectivity index (χ1v) is 26.2. The Morgan fingerprint density at radius 2 is 1.06 bits per heavy atom. The zero-order valence-corrected chi connectivity index (χ0v) is 42.1. The largest absolute Gasteiger partial charge is 0.383 e. The van der Waals surface area contributed by atoms with Crippen LogP contribution in [0.3, 0.4) is 0 Å². The predicted molar refractivity (Wildman–Crippen MR) is 254 cm³/mol. The van der Waals surface area contributed by atoms with Gasteiger partial charge in [-0.15, -0.1) is 6.58 Å². The molecular formula is C48H76N4O7S3. The molecule has 0 amide bonds. The molecule has 62 heavy (non-hydrogen) atoms. The minimum Gasteiger partial charge on any atom is -0.383 e. The van der Waals surface area contributed by atoms with Crippen LogP contribution in [0.15, 0.2) is 100 Å². The van der Waals surface area contributed by atoms with Crippen molar-refractivity contribution in [2.75, 3.05) is 66.6 Å². The molecular weight excluding hydrogens is 841 g/mol. The molecule has 2 aliphatic rings. The molecule has 0 N–H and O–H groups in total. The molecule has 2 saturated heterocycles. The summed E-state index contributed by atoms with van der Waals surface area (Å²) in [6.45, 7) is 29.7. The molecule has 348 valence electrons. The third kappa shape index (κ3) is 14.5. The molecule has 0 spiro atoms. The minimum atomic E-state index is -3.40. The summed E-state index contributed by atoms with van der Waals surface area (Å²) in [5.41, 5.74) is 3.50. The van der Waals surface area contributed by atoms with Gasteiger partial charge in [0.1, 0.15) is 0 Å². The second-order valence-corrected chi connectivity index (χ2v) is 25.2. The lowest BCUT2D eigenvalue weighted by Gasteiger charge is -2.34. The fraction of sp³-hybridized carbons (Fsp3) is 0.583. The lowest BCUT2D eigenvalue weighted by molar-refractivity contribution is 0.123. The van der Waals surface area contributed by atoms with E-state index in [2.05, 4.69) is 80.7 Å². The van der Waals surface area contributed by atoms with Gasteiger partial charge in [0.25, 0.3) is 0 Å². The number of hydrogen-bond donors (Lipinski definition) is 0. The summed E-state index contributed by atoms with van der Waals surface area (Å²) in [7, 11) is -6.91. The van der Waals surface area contributed by atoms with E-state index in [0.717, 1.165) is 62.0 Å². The van der Waals surface area contributed by atoms with Gasteiger partial charge in [-0.3, -0.25) is 4.90 Å². The standard InChI is InChI=1S/C17H28N2O3S.C17H27NO2S.C14H21NO2S/c1-17(2,3)15-5-7-16(8-6-15)23(20,21)19-11-9-18(10-12-19)13-14-22-4;1-5-15-8-6-7-13-18(15)21(19,20)16-11-9-14(10-12-16)17(2,3)4;1-6-11-15(5)18(16,17)13-9-7-12(8-10-13)14(2,3)4/h5-8H,9-14H2,1-4H3;9-12,15H,5-8,13H2,1-4H3;6-10H,1,11H2,2-5H3. The van der Waals surface area contributed by atoms with Crippen LogP contribution in [0, 0.1) is 0 Å². The Labute approximate surface area is 376 Å². The van der Waals surface area contributed by atoms with Crippen molar-refractivity contribution in [3.8, 4) is 0 Å². The highest BCUT2D eigenvalue weighted by atomic mass is 32.2. The number of hydrogen-bond acceptors (Lipinski definition) is 8. The van der Waals surface area contributed by atoms with Gasteiger partial charge >= 0.3 is 0 Å². The molecule has 0 bridgehead atoms. The number of piperazine rings is 1. The van der Waals surface area contributed by atoms with E-state index < -0.39 is 30.1 Å². The van der Waals surface area contributed by atoms with Crippen LogP contribution in [-0.2, 0) is 51.1 Å². The van der Waals surface area contributed by atoms with Crippen molar-refractivity contribution in [3.05, 3.63) is 102 Å². The Kier molecular flexibility index (Phi) is 19.2. The van der Waals surface area contributed by atoms with E-state index in [0.29, 0.717) is 47.5 Å². The number of methoxy groups -OCH3 is 1. The second-order valence-electron chi connectivity index (χ2n) is 19.3. The van der Waals surface area contributed by atoms with E-state index in [9.17, 15) is 25.3 Å². The molecule has 1 atom stereocenters. The zero-order chi connectivity index (χ0) is 46.7. The summed E-state index contributed by atoms with van der Waals surface area (Å²) < 4.78 is 85.2. The first-order valence-electron chi connectivity index (χ1n) is 21.8. The Hall–Kier alpha value is -2.95. The molecule has 2 aliphatic heterocycles. The van der Waals surface area contributed by atoms with Crippen LogP contribution in [-0.4, -0.2) is 116 Å². The van der Waals surface area contributed by atoms with E-state index in [1.807, 2.05) is 36.4 Å². The average molecular weight is 917 g/mol. The Bertz CT molecular complexity index is 2180. The van der Waals surface area contributed by atoms with E-state index in [-0.39, 0.29) is 22.3 Å². The number of nitrogens with zero attached hydrogens (tertiary/aromatic N) is 4. The summed E-state index contributed by atoms with van der Waals surface area (Å²) in [4.78, 5) is 3.37. The number of benzene rings is 3. The fourth-order valence-electron chi connectivity index (χ4n) is 7.24. The maximum atomic E-state index is 12.8. The zero-order valence-electron chi connectivity index (χ0n) is 39.6. The molecule has 14 heteroatoms. The smallest absolute Gasteiger partial charge is 0.243 e. The molecule has 0 aromatic heterocycles. The molecule has 0 aliphatic carbocycles. The van der Waals surface area contributed by atoms with Crippen LogP contribution < -0.4 is 0 Å². The molecule has 1 unspecified atom stereocenters. The molecule has 0 saturated carbocycles. The maximum Gasteiger partial charge on any atom is 0.243 e. The first kappa shape index (κ1) is 53.4. The summed E-state index contributed by atoms with van der Waals surface area (Å²) in [6.07, 6.45) is 5.54. The van der Waals surface area contributed by atoms with Gasteiger partial charge in [-0.2, -0.15) is 12.9 Å². The van der Waals surface area contributed by atoms with Crippen LogP contribution >= 0.6 is 0 Å². The highest BCUT2D eigenvalue weighted by Gasteiger charge is 2.33. The predicted octanol–water partition coefficient (Wildman–Crippen LogP) is 8.66. The second kappa shape index (κ2) is 22.3. The van der Waals surface area contributed by atoms with Gasteiger partial charge in [0.15, 0.2) is 0 Å². The van der Waals surface area contributed by atoms with Crippen molar-refractivity contribution < 1.29 is 30.0 Å². The first-order chi connectivity index (χ1) is 28.7. The van der Waals surface area contributed by atoms with Crippen molar-refractivity contribution in [2.45, 2.75) is 132 Å². The summed E-state index contributed by atoms with van der Waals surface area (Å²) >= 11 is 0. The Balaban J connectivity index is 0.000000250. The van der Waals surface area contributed by atoms with Crippen molar-refractivity contribution in [3.63, 3.8) is 0 Å². The Morgan fingerprint density at radius 1 is 0.645 bits per heavy atom. The molecule has 0 radical (unpaired) electrons. The van der Waals surface area contributed by atoms with Gasteiger partial charge in [0, 0.05) is 66.0 Å². The van der Waals surface area contributed by atoms with Gasteiger partial charge in [-0.25, -0.2) is 25.3 Å². The van der Waals surface area contributed by atoms with Crippen LogP contribution in [0.25, 0.3) is 0 Å². The lowest BCUT2D eigenvalue weighted by Crippen LogP contribution is -2.49. The monoisotopic (exact) mass is 916 g/mol. The van der Waals surface area contributed by atoms with Crippen molar-refractivity contribution >= 4 is 30.1 Å². The van der Waals surface area contributed by atoms with Crippen molar-refractivity contribution in [2.24, 2.45) is 0 Å². The number of piperidine rings is 1. The van der Waals surface area contributed by atoms with E-state index >= 15 is 0 Å². The van der Waals surface area contributed by atoms with Gasteiger partial charge in [-0.05, 0) is 88.6 Å². The van der Waals surface area contributed by atoms with Crippen LogP contribution in [0.5, 0.6) is 0 Å². The van der Waals surface area contributed by atoms with E-state index in [1.165, 1.54) is 4.31 Å². The highest BCUT2D eigenvalue weighted by Crippen LogP contribution is 2.30. The maximum absolute atomic E-state index is 12.8.